The molecule has 0 radical (unpaired) electrons. The van der Waals surface area contributed by atoms with Crippen molar-refractivity contribution in [2.75, 3.05) is 31.6 Å². The van der Waals surface area contributed by atoms with Crippen molar-refractivity contribution in [2.24, 2.45) is 0 Å². The topological polar surface area (TPSA) is 85.7 Å². The number of benzene rings is 2. The lowest BCUT2D eigenvalue weighted by Gasteiger charge is -2.36. The van der Waals surface area contributed by atoms with Gasteiger partial charge in [-0.3, -0.25) is 14.5 Å². The van der Waals surface area contributed by atoms with E-state index in [0.29, 0.717) is 34.7 Å². The van der Waals surface area contributed by atoms with Crippen LogP contribution >= 0.6 is 11.6 Å². The lowest BCUT2D eigenvalue weighted by molar-refractivity contribution is -0.156. The molecule has 8 heteroatoms. The average Bonchev–Trinajstić information content (AvgIpc) is 2.92. The van der Waals surface area contributed by atoms with Crippen molar-refractivity contribution in [3.8, 4) is 6.07 Å². The lowest BCUT2D eigenvalue weighted by Crippen LogP contribution is -2.43. The maximum absolute atomic E-state index is 13.0. The minimum atomic E-state index is -0.456. The number of carbonyl (C=O) groups excluding carboxylic acids is 2. The van der Waals surface area contributed by atoms with Gasteiger partial charge >= 0.3 is 5.97 Å². The van der Waals surface area contributed by atoms with Crippen LogP contribution in [0.25, 0.3) is 0 Å². The molecule has 7 nitrogen and oxygen atoms in total. The first-order valence-electron chi connectivity index (χ1n) is 14.3. The van der Waals surface area contributed by atoms with E-state index in [4.69, 9.17) is 21.6 Å². The number of rotatable bonds is 7. The summed E-state index contributed by atoms with van der Waals surface area (Å²) in [6, 6.07) is 16.2. The van der Waals surface area contributed by atoms with Crippen molar-refractivity contribution < 1.29 is 14.3 Å². The summed E-state index contributed by atoms with van der Waals surface area (Å²) in [5.74, 6) is 0.248. The van der Waals surface area contributed by atoms with E-state index >= 15 is 0 Å². The van der Waals surface area contributed by atoms with E-state index in [1.165, 1.54) is 5.56 Å². The number of hydrogen-bond donors (Lipinski definition) is 1. The molecule has 1 aliphatic heterocycles. The van der Waals surface area contributed by atoms with Crippen LogP contribution in [0, 0.1) is 11.3 Å². The highest BCUT2D eigenvalue weighted by Crippen LogP contribution is 2.30. The lowest BCUT2D eigenvalue weighted by atomic mass is 9.88. The molecule has 1 N–H and O–H groups in total. The van der Waals surface area contributed by atoms with Crippen LogP contribution in [0.5, 0.6) is 0 Å². The molecule has 1 saturated heterocycles. The van der Waals surface area contributed by atoms with Crippen molar-refractivity contribution in [1.82, 2.24) is 10.2 Å². The van der Waals surface area contributed by atoms with Gasteiger partial charge in [-0.25, -0.2) is 0 Å². The first kappa shape index (κ1) is 29.9. The predicted octanol–water partition coefficient (Wildman–Crippen LogP) is 5.91. The highest BCUT2D eigenvalue weighted by atomic mass is 35.5. The summed E-state index contributed by atoms with van der Waals surface area (Å²) in [6.07, 6.45) is 5.77. The summed E-state index contributed by atoms with van der Waals surface area (Å²) in [7, 11) is 2.06. The zero-order chi connectivity index (χ0) is 28.9. The molecule has 0 atom stereocenters. The fourth-order valence-corrected chi connectivity index (χ4v) is 6.01. The Morgan fingerprint density at radius 1 is 1.05 bits per heavy atom. The third-order valence-corrected chi connectivity index (χ3v) is 8.38. The Hall–Kier alpha value is -3.08. The van der Waals surface area contributed by atoms with Crippen molar-refractivity contribution in [3.05, 3.63) is 64.2 Å². The second-order valence-electron chi connectivity index (χ2n) is 12.1. The molecule has 1 amide bonds. The van der Waals surface area contributed by atoms with Crippen LogP contribution in [-0.4, -0.2) is 61.1 Å². The van der Waals surface area contributed by atoms with Crippen LogP contribution in [0.15, 0.2) is 42.5 Å². The molecule has 0 aromatic heterocycles. The van der Waals surface area contributed by atoms with Crippen molar-refractivity contribution >= 4 is 29.2 Å². The number of ether oxygens (including phenoxy) is 1. The summed E-state index contributed by atoms with van der Waals surface area (Å²) in [4.78, 5) is 29.5. The van der Waals surface area contributed by atoms with Crippen LogP contribution in [0.1, 0.15) is 86.7 Å². The molecule has 1 aliphatic carbocycles. The Morgan fingerprint density at radius 3 is 2.27 bits per heavy atom. The molecule has 2 aromatic rings. The summed E-state index contributed by atoms with van der Waals surface area (Å²) in [6.45, 7) is 7.74. The molecule has 4 rings (SSSR count). The van der Waals surface area contributed by atoms with E-state index in [2.05, 4.69) is 40.4 Å². The van der Waals surface area contributed by atoms with Gasteiger partial charge in [-0.15, -0.1) is 0 Å². The molecular weight excluding hydrogens is 524 g/mol. The number of anilines is 1. The molecule has 0 spiro atoms. The zero-order valence-corrected chi connectivity index (χ0v) is 24.8. The molecular formula is C32H41ClN4O3. The quantitative estimate of drug-likeness (QED) is 0.421. The number of nitrogens with one attached hydrogen (secondary N) is 1. The number of nitrogens with zero attached hydrogens (tertiary/aromatic N) is 3. The van der Waals surface area contributed by atoms with Crippen LogP contribution in [0.4, 0.5) is 5.69 Å². The first-order chi connectivity index (χ1) is 19.0. The minimum Gasteiger partial charge on any atom is -0.459 e. The summed E-state index contributed by atoms with van der Waals surface area (Å²) < 4.78 is 5.45. The third-order valence-electron chi connectivity index (χ3n) is 8.06. The SMILES string of the molecule is CN(c1ccc(C#N)c(Cl)c1)C1CCC(NC(=O)c2ccc(C3CCN(CC(=O)OC(C)(C)C)CC3)cc2)CC1. The van der Waals surface area contributed by atoms with Crippen LogP contribution in [-0.2, 0) is 9.53 Å². The minimum absolute atomic E-state index is 0.0191. The molecule has 0 bridgehead atoms. The van der Waals surface area contributed by atoms with Gasteiger partial charge in [-0.1, -0.05) is 23.7 Å². The molecule has 2 fully saturated rings. The van der Waals surface area contributed by atoms with Gasteiger partial charge < -0.3 is 15.0 Å². The highest BCUT2D eigenvalue weighted by molar-refractivity contribution is 6.32. The van der Waals surface area contributed by atoms with Gasteiger partial charge in [0.2, 0.25) is 0 Å². The molecule has 40 heavy (non-hydrogen) atoms. The fraction of sp³-hybridized carbons (Fsp3) is 0.531. The van der Waals surface area contributed by atoms with Crippen molar-refractivity contribution in [3.63, 3.8) is 0 Å². The highest BCUT2D eigenvalue weighted by Gasteiger charge is 2.27. The second-order valence-corrected chi connectivity index (χ2v) is 12.5. The zero-order valence-electron chi connectivity index (χ0n) is 24.1. The largest absolute Gasteiger partial charge is 0.459 e. The van der Waals surface area contributed by atoms with Crippen LogP contribution < -0.4 is 10.2 Å². The number of likely N-dealkylation sites (tertiary alicyclic amines) is 1. The van der Waals surface area contributed by atoms with E-state index < -0.39 is 5.60 Å². The fourth-order valence-electron chi connectivity index (χ4n) is 5.79. The van der Waals surface area contributed by atoms with E-state index in [1.54, 1.807) is 6.07 Å². The summed E-state index contributed by atoms with van der Waals surface area (Å²) >= 11 is 6.23. The third kappa shape index (κ3) is 7.99. The van der Waals surface area contributed by atoms with Gasteiger partial charge in [0.25, 0.3) is 5.91 Å². The monoisotopic (exact) mass is 564 g/mol. The van der Waals surface area contributed by atoms with Gasteiger partial charge in [0.1, 0.15) is 11.7 Å². The molecule has 1 heterocycles. The van der Waals surface area contributed by atoms with Crippen molar-refractivity contribution in [1.29, 1.82) is 5.26 Å². The van der Waals surface area contributed by atoms with E-state index in [1.807, 2.05) is 45.0 Å². The number of hydrogen-bond acceptors (Lipinski definition) is 6. The second kappa shape index (κ2) is 13.1. The number of nitriles is 1. The number of halogens is 1. The number of piperidine rings is 1. The molecule has 214 valence electrons. The summed E-state index contributed by atoms with van der Waals surface area (Å²) in [5.41, 5.74) is 2.98. The van der Waals surface area contributed by atoms with Gasteiger partial charge in [-0.05, 0) is 114 Å². The number of esters is 1. The Labute approximate surface area is 243 Å². The Kier molecular flexibility index (Phi) is 9.76. The maximum atomic E-state index is 13.0. The van der Waals surface area contributed by atoms with Gasteiger partial charge in [-0.2, -0.15) is 5.26 Å². The smallest absolute Gasteiger partial charge is 0.320 e. The predicted molar refractivity (Wildman–Crippen MR) is 159 cm³/mol. The van der Waals surface area contributed by atoms with Crippen LogP contribution in [0.3, 0.4) is 0 Å². The normalized spacial score (nSPS) is 20.4. The maximum Gasteiger partial charge on any atom is 0.320 e. The first-order valence-corrected chi connectivity index (χ1v) is 14.7. The summed E-state index contributed by atoms with van der Waals surface area (Å²) in [5, 5.41) is 12.8. The molecule has 0 unspecified atom stereocenters. The molecule has 2 aromatic carbocycles. The Bertz CT molecular complexity index is 1220. The number of carbonyl (C=O) groups is 2. The van der Waals surface area contributed by atoms with Crippen LogP contribution in [0.2, 0.25) is 5.02 Å². The van der Waals surface area contributed by atoms with Gasteiger partial charge in [0.05, 0.1) is 17.1 Å². The van der Waals surface area contributed by atoms with E-state index in [-0.39, 0.29) is 17.9 Å². The Morgan fingerprint density at radius 2 is 1.70 bits per heavy atom. The van der Waals surface area contributed by atoms with Gasteiger partial charge in [0.15, 0.2) is 0 Å². The average molecular weight is 565 g/mol. The number of amides is 1. The standard InChI is InChI=1S/C32H41ClN4O3/c1-32(2,3)40-30(38)21-37-17-15-23(16-18-37)22-5-7-24(8-6-22)31(39)35-26-10-13-27(14-11-26)36(4)28-12-9-25(20-34)29(33)19-28/h5-9,12,19,23,26-27H,10-11,13-18,21H2,1-4H3,(H,35,39). The molecule has 2 aliphatic rings. The molecule has 1 saturated carbocycles. The van der Waals surface area contributed by atoms with Crippen molar-refractivity contribution in [2.45, 2.75) is 82.9 Å². The van der Waals surface area contributed by atoms with E-state index in [0.717, 1.165) is 57.3 Å². The van der Waals surface area contributed by atoms with E-state index in [9.17, 15) is 9.59 Å². The van der Waals surface area contributed by atoms with Gasteiger partial charge in [0, 0.05) is 30.4 Å². The Balaban J connectivity index is 1.21.